The van der Waals surface area contributed by atoms with E-state index in [1.165, 1.54) is 29.5 Å². The third-order valence-electron chi connectivity index (χ3n) is 2.82. The zero-order valence-electron chi connectivity index (χ0n) is 10.6. The van der Waals surface area contributed by atoms with Gasteiger partial charge in [-0.15, -0.1) is 24.5 Å². The van der Waals surface area contributed by atoms with E-state index in [9.17, 15) is 18.3 Å². The maximum absolute atomic E-state index is 12.2. The average Bonchev–Trinajstić information content (AvgIpc) is 2.84. The number of aryl methyl sites for hydroxylation is 1. The molecule has 2 rings (SSSR count). The second-order valence-electron chi connectivity index (χ2n) is 4.19. The van der Waals surface area contributed by atoms with Crippen LogP contribution in [0.1, 0.15) is 29.0 Å². The Kier molecular flexibility index (Phi) is 4.35. The SMILES string of the molecule is CCc1ccsc1C(O)c1cccc(OC(F)(F)F)c1. The minimum Gasteiger partial charge on any atom is -0.406 e. The molecular formula is C14H13F3O2S. The zero-order valence-corrected chi connectivity index (χ0v) is 11.5. The Balaban J connectivity index is 2.27. The van der Waals surface area contributed by atoms with Crippen LogP contribution in [0.3, 0.4) is 0 Å². The Morgan fingerprint density at radius 2 is 2.05 bits per heavy atom. The van der Waals surface area contributed by atoms with Crippen molar-refractivity contribution in [2.75, 3.05) is 0 Å². The Hall–Kier alpha value is -1.53. The molecule has 1 N–H and O–H groups in total. The Morgan fingerprint density at radius 3 is 2.70 bits per heavy atom. The standard InChI is InChI=1S/C14H13F3O2S/c1-2-9-6-7-20-13(9)12(18)10-4-3-5-11(8-10)19-14(15,16)17/h3-8,12,18H,2H2,1H3. The molecule has 2 aromatic rings. The van der Waals surface area contributed by atoms with E-state index in [4.69, 9.17) is 0 Å². The Morgan fingerprint density at radius 1 is 1.30 bits per heavy atom. The third kappa shape index (κ3) is 3.52. The molecule has 6 heteroatoms. The summed E-state index contributed by atoms with van der Waals surface area (Å²) >= 11 is 1.38. The molecule has 20 heavy (non-hydrogen) atoms. The van der Waals surface area contributed by atoms with Crippen LogP contribution in [0.2, 0.25) is 0 Å². The molecule has 0 aliphatic carbocycles. The number of alkyl halides is 3. The van der Waals surface area contributed by atoms with E-state index in [1.54, 1.807) is 6.07 Å². The number of benzene rings is 1. The van der Waals surface area contributed by atoms with Crippen LogP contribution in [-0.2, 0) is 6.42 Å². The van der Waals surface area contributed by atoms with Gasteiger partial charge < -0.3 is 9.84 Å². The van der Waals surface area contributed by atoms with Crippen LogP contribution in [0.5, 0.6) is 5.75 Å². The van der Waals surface area contributed by atoms with Crippen molar-refractivity contribution < 1.29 is 23.0 Å². The first-order chi connectivity index (χ1) is 9.40. The smallest absolute Gasteiger partial charge is 0.406 e. The van der Waals surface area contributed by atoms with E-state index in [0.717, 1.165) is 16.9 Å². The van der Waals surface area contributed by atoms with Gasteiger partial charge in [-0.25, -0.2) is 0 Å². The van der Waals surface area contributed by atoms with E-state index >= 15 is 0 Å². The molecule has 0 fully saturated rings. The maximum atomic E-state index is 12.2. The van der Waals surface area contributed by atoms with Crippen molar-refractivity contribution in [3.8, 4) is 5.75 Å². The fraction of sp³-hybridized carbons (Fsp3) is 0.286. The van der Waals surface area contributed by atoms with Crippen molar-refractivity contribution in [2.24, 2.45) is 0 Å². The highest BCUT2D eigenvalue weighted by molar-refractivity contribution is 7.10. The molecule has 0 spiro atoms. The Labute approximate surface area is 118 Å². The molecule has 1 heterocycles. The highest BCUT2D eigenvalue weighted by atomic mass is 32.1. The molecule has 0 aliphatic heterocycles. The highest BCUT2D eigenvalue weighted by Gasteiger charge is 2.31. The zero-order chi connectivity index (χ0) is 14.8. The summed E-state index contributed by atoms with van der Waals surface area (Å²) in [6.07, 6.45) is -4.92. The monoisotopic (exact) mass is 302 g/mol. The minimum atomic E-state index is -4.74. The molecule has 1 unspecified atom stereocenters. The molecule has 2 nitrogen and oxygen atoms in total. The van der Waals surface area contributed by atoms with Gasteiger partial charge in [-0.1, -0.05) is 19.1 Å². The van der Waals surface area contributed by atoms with Gasteiger partial charge in [0.25, 0.3) is 0 Å². The van der Waals surface area contributed by atoms with Gasteiger partial charge in [-0.3, -0.25) is 0 Å². The molecule has 1 aromatic heterocycles. The van der Waals surface area contributed by atoms with E-state index < -0.39 is 12.5 Å². The number of halogens is 3. The van der Waals surface area contributed by atoms with Gasteiger partial charge in [0.05, 0.1) is 0 Å². The van der Waals surface area contributed by atoms with Crippen molar-refractivity contribution in [3.63, 3.8) is 0 Å². The number of rotatable bonds is 4. The number of hydrogen-bond acceptors (Lipinski definition) is 3. The van der Waals surface area contributed by atoms with Crippen molar-refractivity contribution in [1.29, 1.82) is 0 Å². The highest BCUT2D eigenvalue weighted by Crippen LogP contribution is 2.32. The minimum absolute atomic E-state index is 0.330. The predicted octanol–water partition coefficient (Wildman–Crippen LogP) is 4.29. The summed E-state index contributed by atoms with van der Waals surface area (Å²) in [5.74, 6) is -0.330. The number of thiophene rings is 1. The van der Waals surface area contributed by atoms with Gasteiger partial charge in [0.1, 0.15) is 11.9 Å². The molecular weight excluding hydrogens is 289 g/mol. The van der Waals surface area contributed by atoms with E-state index in [2.05, 4.69) is 4.74 Å². The first-order valence-electron chi connectivity index (χ1n) is 6.00. The predicted molar refractivity (Wildman–Crippen MR) is 70.9 cm³/mol. The van der Waals surface area contributed by atoms with Crippen LogP contribution in [0, 0.1) is 0 Å². The van der Waals surface area contributed by atoms with Crippen LogP contribution < -0.4 is 4.74 Å². The van der Waals surface area contributed by atoms with E-state index in [1.807, 2.05) is 18.4 Å². The topological polar surface area (TPSA) is 29.5 Å². The lowest BCUT2D eigenvalue weighted by atomic mass is 10.0. The number of hydrogen-bond donors (Lipinski definition) is 1. The normalized spacial score (nSPS) is 13.2. The van der Waals surface area contributed by atoms with Crippen LogP contribution in [-0.4, -0.2) is 11.5 Å². The quantitative estimate of drug-likeness (QED) is 0.913. The fourth-order valence-electron chi connectivity index (χ4n) is 1.91. The largest absolute Gasteiger partial charge is 0.573 e. The van der Waals surface area contributed by atoms with Gasteiger partial charge in [0.15, 0.2) is 0 Å². The lowest BCUT2D eigenvalue weighted by Gasteiger charge is -2.14. The lowest BCUT2D eigenvalue weighted by Crippen LogP contribution is -2.17. The van der Waals surface area contributed by atoms with Gasteiger partial charge in [-0.05, 0) is 41.1 Å². The molecule has 0 aliphatic rings. The van der Waals surface area contributed by atoms with Gasteiger partial charge in [-0.2, -0.15) is 0 Å². The number of aliphatic hydroxyl groups excluding tert-OH is 1. The van der Waals surface area contributed by atoms with E-state index in [0.29, 0.717) is 5.56 Å². The van der Waals surface area contributed by atoms with Gasteiger partial charge in [0.2, 0.25) is 0 Å². The average molecular weight is 302 g/mol. The van der Waals surface area contributed by atoms with Crippen molar-refractivity contribution in [1.82, 2.24) is 0 Å². The fourth-order valence-corrected chi connectivity index (χ4v) is 2.92. The first-order valence-corrected chi connectivity index (χ1v) is 6.88. The van der Waals surface area contributed by atoms with Crippen molar-refractivity contribution >= 4 is 11.3 Å². The molecule has 108 valence electrons. The molecule has 0 bridgehead atoms. The number of ether oxygens (including phenoxy) is 1. The summed E-state index contributed by atoms with van der Waals surface area (Å²) in [4.78, 5) is 0.747. The van der Waals surface area contributed by atoms with Gasteiger partial charge in [0, 0.05) is 4.88 Å². The van der Waals surface area contributed by atoms with Crippen LogP contribution in [0.4, 0.5) is 13.2 Å². The van der Waals surface area contributed by atoms with E-state index in [-0.39, 0.29) is 5.75 Å². The van der Waals surface area contributed by atoms with Gasteiger partial charge >= 0.3 is 6.36 Å². The summed E-state index contributed by atoms with van der Waals surface area (Å²) in [6.45, 7) is 1.96. The summed E-state index contributed by atoms with van der Waals surface area (Å²) in [5, 5.41) is 12.1. The molecule has 0 saturated heterocycles. The second-order valence-corrected chi connectivity index (χ2v) is 5.13. The molecule has 1 atom stereocenters. The molecule has 0 saturated carbocycles. The summed E-state index contributed by atoms with van der Waals surface area (Å²) < 4.78 is 40.4. The number of aliphatic hydroxyl groups is 1. The summed E-state index contributed by atoms with van der Waals surface area (Å²) in [5.41, 5.74) is 1.37. The first kappa shape index (κ1) is 14.9. The maximum Gasteiger partial charge on any atom is 0.573 e. The Bertz CT molecular complexity index is 578. The molecule has 1 aromatic carbocycles. The van der Waals surface area contributed by atoms with Crippen molar-refractivity contribution in [3.05, 3.63) is 51.7 Å². The van der Waals surface area contributed by atoms with Crippen LogP contribution >= 0.6 is 11.3 Å². The third-order valence-corrected chi connectivity index (χ3v) is 3.83. The molecule has 0 radical (unpaired) electrons. The summed E-state index contributed by atoms with van der Waals surface area (Å²) in [6, 6.07) is 7.32. The van der Waals surface area contributed by atoms with Crippen molar-refractivity contribution in [2.45, 2.75) is 25.8 Å². The van der Waals surface area contributed by atoms with Crippen LogP contribution in [0.15, 0.2) is 35.7 Å². The second kappa shape index (κ2) is 5.85. The lowest BCUT2D eigenvalue weighted by molar-refractivity contribution is -0.274. The molecule has 0 amide bonds. The summed E-state index contributed by atoms with van der Waals surface area (Å²) in [7, 11) is 0. The van der Waals surface area contributed by atoms with Crippen LogP contribution in [0.25, 0.3) is 0 Å².